The van der Waals surface area contributed by atoms with E-state index in [-0.39, 0.29) is 18.1 Å². The maximum Gasteiger partial charge on any atom is 0.256 e. The zero-order valence-electron chi connectivity index (χ0n) is 13.9. The molecule has 1 aromatic heterocycles. The normalized spacial score (nSPS) is 26.6. The van der Waals surface area contributed by atoms with E-state index in [4.69, 9.17) is 4.74 Å². The fraction of sp³-hybridized carbons (Fsp3) is 0.750. The van der Waals surface area contributed by atoms with Crippen LogP contribution in [-0.2, 0) is 11.3 Å². The van der Waals surface area contributed by atoms with Crippen LogP contribution in [0.2, 0.25) is 0 Å². The van der Waals surface area contributed by atoms with Gasteiger partial charge in [0.1, 0.15) is 0 Å². The average Bonchev–Trinajstić information content (AvgIpc) is 3.16. The van der Waals surface area contributed by atoms with Gasteiger partial charge in [-0.3, -0.25) is 14.4 Å². The second-order valence-electron chi connectivity index (χ2n) is 6.80. The van der Waals surface area contributed by atoms with Crippen LogP contribution in [-0.4, -0.2) is 83.1 Å². The predicted molar refractivity (Wildman–Crippen MR) is 85.2 cm³/mol. The van der Waals surface area contributed by atoms with E-state index >= 15 is 0 Å². The number of aromatic nitrogens is 2. The number of amides is 1. The fourth-order valence-electron chi connectivity index (χ4n) is 3.44. The van der Waals surface area contributed by atoms with Crippen LogP contribution in [0.15, 0.2) is 12.4 Å². The molecule has 1 aromatic rings. The molecule has 0 saturated carbocycles. The van der Waals surface area contributed by atoms with Crippen LogP contribution in [0.1, 0.15) is 23.2 Å². The largest absolute Gasteiger partial charge is 0.389 e. The van der Waals surface area contributed by atoms with Crippen LogP contribution in [0.3, 0.4) is 0 Å². The summed E-state index contributed by atoms with van der Waals surface area (Å²) in [6.07, 6.45) is 5.30. The molecule has 7 heteroatoms. The van der Waals surface area contributed by atoms with Crippen molar-refractivity contribution >= 4 is 5.91 Å². The number of carbonyl (C=O) groups excluding carboxylic acids is 1. The molecule has 2 fully saturated rings. The van der Waals surface area contributed by atoms with Crippen molar-refractivity contribution in [1.82, 2.24) is 19.6 Å². The van der Waals surface area contributed by atoms with Gasteiger partial charge < -0.3 is 14.7 Å². The zero-order valence-corrected chi connectivity index (χ0v) is 13.9. The summed E-state index contributed by atoms with van der Waals surface area (Å²) in [6, 6.07) is 0.157. The first-order valence-electron chi connectivity index (χ1n) is 8.28. The molecule has 0 bridgehead atoms. The number of piperidine rings is 1. The third kappa shape index (κ3) is 3.73. The summed E-state index contributed by atoms with van der Waals surface area (Å²) in [5.74, 6) is 0.550. The van der Waals surface area contributed by atoms with Crippen molar-refractivity contribution in [3.63, 3.8) is 0 Å². The van der Waals surface area contributed by atoms with Gasteiger partial charge in [-0.1, -0.05) is 0 Å². The van der Waals surface area contributed by atoms with Gasteiger partial charge in [0.25, 0.3) is 5.91 Å². The van der Waals surface area contributed by atoms with Crippen LogP contribution < -0.4 is 0 Å². The molecule has 2 saturated heterocycles. The maximum absolute atomic E-state index is 11.9. The number of rotatable bonds is 4. The molecule has 2 unspecified atom stereocenters. The quantitative estimate of drug-likeness (QED) is 0.849. The Morgan fingerprint density at radius 2 is 2.13 bits per heavy atom. The summed E-state index contributed by atoms with van der Waals surface area (Å²) >= 11 is 0. The molecular formula is C16H26N4O3. The number of carbonyl (C=O) groups is 1. The molecule has 1 amide bonds. The van der Waals surface area contributed by atoms with E-state index < -0.39 is 0 Å². The Hall–Kier alpha value is -1.44. The van der Waals surface area contributed by atoms with E-state index in [0.29, 0.717) is 24.7 Å². The van der Waals surface area contributed by atoms with Gasteiger partial charge in [0.2, 0.25) is 0 Å². The van der Waals surface area contributed by atoms with Gasteiger partial charge in [0.15, 0.2) is 0 Å². The number of ether oxygens (including phenoxy) is 1. The molecule has 128 valence electrons. The van der Waals surface area contributed by atoms with E-state index in [2.05, 4.69) is 10.00 Å². The third-order valence-corrected chi connectivity index (χ3v) is 4.87. The van der Waals surface area contributed by atoms with Crippen molar-refractivity contribution in [2.24, 2.45) is 5.92 Å². The summed E-state index contributed by atoms with van der Waals surface area (Å²) in [4.78, 5) is 15.8. The van der Waals surface area contributed by atoms with E-state index in [0.717, 1.165) is 32.5 Å². The van der Waals surface area contributed by atoms with Crippen molar-refractivity contribution in [3.8, 4) is 0 Å². The highest BCUT2D eigenvalue weighted by molar-refractivity contribution is 5.93. The topological polar surface area (TPSA) is 70.8 Å². The third-order valence-electron chi connectivity index (χ3n) is 4.87. The lowest BCUT2D eigenvalue weighted by Gasteiger charge is -2.36. The lowest BCUT2D eigenvalue weighted by atomic mass is 9.95. The average molecular weight is 322 g/mol. The van der Waals surface area contributed by atoms with E-state index in [1.54, 1.807) is 25.2 Å². The monoisotopic (exact) mass is 322 g/mol. The van der Waals surface area contributed by atoms with Crippen molar-refractivity contribution in [2.75, 3.05) is 40.4 Å². The van der Waals surface area contributed by atoms with Gasteiger partial charge in [-0.05, 0) is 31.8 Å². The first-order valence-corrected chi connectivity index (χ1v) is 8.28. The van der Waals surface area contributed by atoms with Crippen LogP contribution in [0.25, 0.3) is 0 Å². The first-order chi connectivity index (χ1) is 11.0. The number of hydrogen-bond donors (Lipinski definition) is 1. The Bertz CT molecular complexity index is 537. The maximum atomic E-state index is 11.9. The molecule has 3 heterocycles. The number of aliphatic hydroxyl groups is 1. The van der Waals surface area contributed by atoms with Crippen molar-refractivity contribution in [3.05, 3.63) is 18.0 Å². The second kappa shape index (κ2) is 6.98. The number of hydrogen-bond acceptors (Lipinski definition) is 5. The Labute approximate surface area is 136 Å². The van der Waals surface area contributed by atoms with Crippen LogP contribution in [0.5, 0.6) is 0 Å². The molecule has 2 aliphatic rings. The van der Waals surface area contributed by atoms with E-state index in [1.807, 2.05) is 10.9 Å². The zero-order chi connectivity index (χ0) is 16.4. The lowest BCUT2D eigenvalue weighted by molar-refractivity contribution is 0.0559. The molecule has 0 aromatic carbocycles. The van der Waals surface area contributed by atoms with Crippen molar-refractivity contribution in [1.29, 1.82) is 0 Å². The molecular weight excluding hydrogens is 296 g/mol. The smallest absolute Gasteiger partial charge is 0.256 e. The summed E-state index contributed by atoms with van der Waals surface area (Å²) in [5, 5.41) is 14.2. The molecule has 1 N–H and O–H groups in total. The molecule has 0 spiro atoms. The van der Waals surface area contributed by atoms with Crippen molar-refractivity contribution in [2.45, 2.75) is 31.5 Å². The number of likely N-dealkylation sites (tertiary alicyclic amines) is 1. The van der Waals surface area contributed by atoms with Crippen molar-refractivity contribution < 1.29 is 14.6 Å². The predicted octanol–water partition coefficient (Wildman–Crippen LogP) is 0.0566. The van der Waals surface area contributed by atoms with Crippen LogP contribution in [0, 0.1) is 5.92 Å². The number of aliphatic hydroxyl groups excluding tert-OH is 1. The summed E-state index contributed by atoms with van der Waals surface area (Å²) in [6.45, 7) is 3.92. The Morgan fingerprint density at radius 3 is 2.74 bits per heavy atom. The fourth-order valence-corrected chi connectivity index (χ4v) is 3.44. The van der Waals surface area contributed by atoms with Gasteiger partial charge in [0.05, 0.1) is 37.1 Å². The van der Waals surface area contributed by atoms with Crippen LogP contribution in [0.4, 0.5) is 0 Å². The Morgan fingerprint density at radius 1 is 1.39 bits per heavy atom. The molecule has 2 atom stereocenters. The molecule has 7 nitrogen and oxygen atoms in total. The van der Waals surface area contributed by atoms with E-state index in [9.17, 15) is 9.90 Å². The van der Waals surface area contributed by atoms with Gasteiger partial charge in [-0.15, -0.1) is 0 Å². The van der Waals surface area contributed by atoms with Gasteiger partial charge in [-0.2, -0.15) is 5.10 Å². The SMILES string of the molecule is CN(C)C(=O)c1cnn(CC2CCN(C3COCC3O)CC2)c1. The van der Waals surface area contributed by atoms with Crippen LogP contribution >= 0.6 is 0 Å². The highest BCUT2D eigenvalue weighted by Gasteiger charge is 2.33. The minimum absolute atomic E-state index is 0.0127. The number of nitrogens with zero attached hydrogens (tertiary/aromatic N) is 4. The molecule has 23 heavy (non-hydrogen) atoms. The molecule has 0 aliphatic carbocycles. The highest BCUT2D eigenvalue weighted by Crippen LogP contribution is 2.23. The Balaban J connectivity index is 1.50. The first kappa shape index (κ1) is 16.4. The molecule has 3 rings (SSSR count). The van der Waals surface area contributed by atoms with E-state index in [1.165, 1.54) is 0 Å². The van der Waals surface area contributed by atoms with Gasteiger partial charge in [-0.25, -0.2) is 0 Å². The van der Waals surface area contributed by atoms with Gasteiger partial charge >= 0.3 is 0 Å². The highest BCUT2D eigenvalue weighted by atomic mass is 16.5. The molecule has 0 radical (unpaired) electrons. The minimum atomic E-state index is -0.350. The molecule has 2 aliphatic heterocycles. The summed E-state index contributed by atoms with van der Waals surface area (Å²) in [7, 11) is 3.49. The Kier molecular flexibility index (Phi) is 4.99. The lowest BCUT2D eigenvalue weighted by Crippen LogP contribution is -2.47. The van der Waals surface area contributed by atoms with Gasteiger partial charge in [0, 0.05) is 26.8 Å². The summed E-state index contributed by atoms with van der Waals surface area (Å²) in [5.41, 5.74) is 0.638. The minimum Gasteiger partial charge on any atom is -0.389 e. The standard InChI is InChI=1S/C16H26N4O3/c1-18(2)16(22)13-7-17-20(9-13)8-12-3-5-19(6-4-12)14-10-23-11-15(14)21/h7,9,12,14-15,21H,3-6,8,10-11H2,1-2H3. The summed E-state index contributed by atoms with van der Waals surface area (Å²) < 4.78 is 7.23. The second-order valence-corrected chi connectivity index (χ2v) is 6.80.